The number of aromatic nitrogens is 1. The van der Waals surface area contributed by atoms with Crippen LogP contribution in [0.2, 0.25) is 0 Å². The smallest absolute Gasteiger partial charge is 0.315 e. The van der Waals surface area contributed by atoms with Crippen LogP contribution in [0, 0.1) is 0 Å². The largest absolute Gasteiger partial charge is 0.394 e. The average Bonchev–Trinajstić information content (AvgIpc) is 2.44. The predicted molar refractivity (Wildman–Crippen MR) is 76.5 cm³/mol. The number of para-hydroxylation sites is 1. The molecule has 0 aliphatic carbocycles. The summed E-state index contributed by atoms with van der Waals surface area (Å²) in [5.41, 5.74) is 1.28. The molecule has 2 aromatic rings. The Kier molecular flexibility index (Phi) is 4.37. The fraction of sp³-hybridized carbons (Fsp3) is 0.286. The number of benzene rings is 1. The van der Waals surface area contributed by atoms with Gasteiger partial charge < -0.3 is 20.7 Å². The van der Waals surface area contributed by atoms with Gasteiger partial charge in [-0.3, -0.25) is 4.79 Å². The fourth-order valence-electron chi connectivity index (χ4n) is 1.92. The van der Waals surface area contributed by atoms with Gasteiger partial charge in [-0.1, -0.05) is 18.2 Å². The maximum absolute atomic E-state index is 11.6. The minimum atomic E-state index is -0.379. The molecular weight excluding hydrogens is 258 g/mol. The number of carbonyl (C=O) groups is 1. The van der Waals surface area contributed by atoms with Crippen LogP contribution in [0.4, 0.5) is 4.79 Å². The van der Waals surface area contributed by atoms with Gasteiger partial charge in [-0.05, 0) is 18.6 Å². The summed E-state index contributed by atoms with van der Waals surface area (Å²) in [5.74, 6) is 0. The zero-order valence-electron chi connectivity index (χ0n) is 11.1. The van der Waals surface area contributed by atoms with Crippen molar-refractivity contribution >= 4 is 16.9 Å². The number of aromatic amines is 1. The first-order valence-electron chi connectivity index (χ1n) is 6.36. The molecule has 1 unspecified atom stereocenters. The number of H-pyrrole nitrogens is 1. The first-order valence-corrected chi connectivity index (χ1v) is 6.36. The Morgan fingerprint density at radius 2 is 2.15 bits per heavy atom. The Balaban J connectivity index is 2.14. The van der Waals surface area contributed by atoms with Gasteiger partial charge in [0.25, 0.3) is 0 Å². The van der Waals surface area contributed by atoms with Gasteiger partial charge in [0, 0.05) is 23.5 Å². The number of carbonyl (C=O) groups excluding carboxylic acids is 1. The topological polar surface area (TPSA) is 94.2 Å². The van der Waals surface area contributed by atoms with Crippen LogP contribution in [0.25, 0.3) is 10.9 Å². The van der Waals surface area contributed by atoms with Crippen LogP contribution >= 0.6 is 0 Å². The summed E-state index contributed by atoms with van der Waals surface area (Å²) in [6.07, 6.45) is 0. The summed E-state index contributed by atoms with van der Waals surface area (Å²) < 4.78 is 0. The Bertz CT molecular complexity index is 666. The molecule has 0 saturated heterocycles. The predicted octanol–water partition coefficient (Wildman–Crippen LogP) is 0.708. The van der Waals surface area contributed by atoms with Crippen LogP contribution in [0.3, 0.4) is 0 Å². The molecule has 0 bridgehead atoms. The van der Waals surface area contributed by atoms with E-state index in [2.05, 4.69) is 15.6 Å². The van der Waals surface area contributed by atoms with Gasteiger partial charge in [-0.2, -0.15) is 0 Å². The van der Waals surface area contributed by atoms with Crippen molar-refractivity contribution in [2.24, 2.45) is 0 Å². The molecule has 0 saturated carbocycles. The van der Waals surface area contributed by atoms with Crippen LogP contribution in [0.1, 0.15) is 12.5 Å². The van der Waals surface area contributed by atoms with Gasteiger partial charge in [0.1, 0.15) is 0 Å². The summed E-state index contributed by atoms with van der Waals surface area (Å²) >= 11 is 0. The molecule has 0 aliphatic rings. The van der Waals surface area contributed by atoms with E-state index in [0.717, 1.165) is 16.5 Å². The molecule has 20 heavy (non-hydrogen) atoms. The Hall–Kier alpha value is -2.34. The summed E-state index contributed by atoms with van der Waals surface area (Å²) in [7, 11) is 0. The van der Waals surface area contributed by atoms with E-state index >= 15 is 0 Å². The first-order chi connectivity index (χ1) is 9.60. The standard InChI is InChI=1S/C14H17N3O3/c1-9(8-18)16-14(20)15-7-10-6-13(19)17-12-5-3-2-4-11(10)12/h2-6,9,18H,7-8H2,1H3,(H,17,19)(H2,15,16,20). The summed E-state index contributed by atoms with van der Waals surface area (Å²) in [4.78, 5) is 25.9. The normalized spacial score (nSPS) is 12.1. The maximum Gasteiger partial charge on any atom is 0.315 e. The van der Waals surface area contributed by atoms with Gasteiger partial charge in [0.2, 0.25) is 5.56 Å². The molecule has 0 fully saturated rings. The maximum atomic E-state index is 11.6. The number of rotatable bonds is 4. The molecule has 6 nitrogen and oxygen atoms in total. The van der Waals surface area contributed by atoms with E-state index in [0.29, 0.717) is 0 Å². The number of fused-ring (bicyclic) bond motifs is 1. The molecule has 1 aromatic heterocycles. The molecule has 0 aliphatic heterocycles. The van der Waals surface area contributed by atoms with Gasteiger partial charge in [-0.25, -0.2) is 4.79 Å². The number of hydrogen-bond acceptors (Lipinski definition) is 3. The molecule has 0 radical (unpaired) electrons. The third-order valence-electron chi connectivity index (χ3n) is 2.93. The highest BCUT2D eigenvalue weighted by molar-refractivity contribution is 5.82. The van der Waals surface area contributed by atoms with Crippen molar-refractivity contribution in [1.29, 1.82) is 0 Å². The summed E-state index contributed by atoms with van der Waals surface area (Å²) in [6, 6.07) is 8.19. The number of nitrogens with one attached hydrogen (secondary N) is 3. The van der Waals surface area contributed by atoms with Crippen LogP contribution in [-0.4, -0.2) is 28.8 Å². The van der Waals surface area contributed by atoms with Crippen LogP contribution in [-0.2, 0) is 6.54 Å². The third kappa shape index (κ3) is 3.36. The van der Waals surface area contributed by atoms with Gasteiger partial charge in [0.05, 0.1) is 12.6 Å². The van der Waals surface area contributed by atoms with Crippen LogP contribution in [0.5, 0.6) is 0 Å². The van der Waals surface area contributed by atoms with Gasteiger partial charge in [0.15, 0.2) is 0 Å². The van der Waals surface area contributed by atoms with Crippen molar-refractivity contribution in [2.45, 2.75) is 19.5 Å². The number of aliphatic hydroxyl groups excluding tert-OH is 1. The van der Waals surface area contributed by atoms with Crippen molar-refractivity contribution in [1.82, 2.24) is 15.6 Å². The highest BCUT2D eigenvalue weighted by Gasteiger charge is 2.07. The number of aliphatic hydroxyl groups is 1. The second kappa shape index (κ2) is 6.21. The highest BCUT2D eigenvalue weighted by atomic mass is 16.3. The number of urea groups is 1. The Labute approximate surface area is 115 Å². The zero-order valence-corrected chi connectivity index (χ0v) is 11.1. The first kappa shape index (κ1) is 14.1. The lowest BCUT2D eigenvalue weighted by atomic mass is 10.1. The molecule has 4 N–H and O–H groups in total. The molecule has 106 valence electrons. The SMILES string of the molecule is CC(CO)NC(=O)NCc1cc(=O)[nH]c2ccccc12. The molecule has 2 amide bonds. The summed E-state index contributed by atoms with van der Waals surface area (Å²) in [6.45, 7) is 1.82. The van der Waals surface area contributed by atoms with Crippen molar-refractivity contribution in [3.05, 3.63) is 46.2 Å². The van der Waals surface area contributed by atoms with Crippen LogP contribution < -0.4 is 16.2 Å². The van der Waals surface area contributed by atoms with Gasteiger partial charge in [-0.15, -0.1) is 0 Å². The number of pyridine rings is 1. The van der Waals surface area contributed by atoms with E-state index in [1.54, 1.807) is 6.92 Å². The molecule has 1 atom stereocenters. The van der Waals surface area contributed by atoms with E-state index < -0.39 is 0 Å². The summed E-state index contributed by atoms with van der Waals surface area (Å²) in [5, 5.41) is 15.0. The van der Waals surface area contributed by atoms with Crippen molar-refractivity contribution < 1.29 is 9.90 Å². The molecule has 0 spiro atoms. The average molecular weight is 275 g/mol. The zero-order chi connectivity index (χ0) is 14.5. The Morgan fingerprint density at radius 3 is 2.90 bits per heavy atom. The minimum Gasteiger partial charge on any atom is -0.394 e. The van der Waals surface area contributed by atoms with E-state index in [9.17, 15) is 9.59 Å². The van der Waals surface area contributed by atoms with Crippen molar-refractivity contribution in [3.63, 3.8) is 0 Å². The number of hydrogen-bond donors (Lipinski definition) is 4. The lowest BCUT2D eigenvalue weighted by Crippen LogP contribution is -2.42. The second-order valence-electron chi connectivity index (χ2n) is 4.62. The molecular formula is C14H17N3O3. The quantitative estimate of drug-likeness (QED) is 0.662. The number of amides is 2. The molecule has 1 aromatic carbocycles. The van der Waals surface area contributed by atoms with Crippen molar-refractivity contribution in [3.8, 4) is 0 Å². The highest BCUT2D eigenvalue weighted by Crippen LogP contribution is 2.13. The van der Waals surface area contributed by atoms with Crippen LogP contribution in [0.15, 0.2) is 35.1 Å². The lowest BCUT2D eigenvalue weighted by Gasteiger charge is -2.12. The van der Waals surface area contributed by atoms with Gasteiger partial charge >= 0.3 is 6.03 Å². The Morgan fingerprint density at radius 1 is 1.40 bits per heavy atom. The van der Waals surface area contributed by atoms with E-state index in [4.69, 9.17) is 5.11 Å². The fourth-order valence-corrected chi connectivity index (χ4v) is 1.92. The van der Waals surface area contributed by atoms with E-state index in [1.807, 2.05) is 24.3 Å². The monoisotopic (exact) mass is 275 g/mol. The third-order valence-corrected chi connectivity index (χ3v) is 2.93. The second-order valence-corrected chi connectivity index (χ2v) is 4.62. The molecule has 1 heterocycles. The lowest BCUT2D eigenvalue weighted by molar-refractivity contribution is 0.220. The van der Waals surface area contributed by atoms with E-state index in [-0.39, 0.29) is 30.8 Å². The molecule has 2 rings (SSSR count). The molecule has 6 heteroatoms. The van der Waals surface area contributed by atoms with Crippen molar-refractivity contribution in [2.75, 3.05) is 6.61 Å². The minimum absolute atomic E-state index is 0.124. The van der Waals surface area contributed by atoms with E-state index in [1.165, 1.54) is 6.07 Å².